The Hall–Kier alpha value is -2.53. The first-order valence-corrected chi connectivity index (χ1v) is 9.45. The van der Waals surface area contributed by atoms with Crippen LogP contribution in [-0.2, 0) is 10.0 Å². The van der Waals surface area contributed by atoms with Gasteiger partial charge in [-0.3, -0.25) is 4.31 Å². The predicted octanol–water partition coefficient (Wildman–Crippen LogP) is 4.32. The van der Waals surface area contributed by atoms with E-state index in [0.717, 1.165) is 11.1 Å². The number of aliphatic hydroxyl groups excluding tert-OH is 1. The molecule has 1 heterocycles. The number of benzene rings is 1. The monoisotopic (exact) mass is 357 g/mol. The molecular weight excluding hydrogens is 334 g/mol. The van der Waals surface area contributed by atoms with E-state index in [4.69, 9.17) is 0 Å². The number of aryl methyl sites for hydroxylation is 1. The van der Waals surface area contributed by atoms with Crippen molar-refractivity contribution in [1.29, 1.82) is 0 Å². The van der Waals surface area contributed by atoms with E-state index < -0.39 is 15.9 Å². The first-order chi connectivity index (χ1) is 11.8. The van der Waals surface area contributed by atoms with Gasteiger partial charge in [-0.2, -0.15) is 0 Å². The standard InChI is InChI=1S/C20H23NO3S/c1-5-7-18-19(16(4)22)14-21(20(18)6-2)25(23,24)13-12-17-10-8-15(3)9-11-17/h5-13,19,22H,2,4,14H2,1,3H3/b7-5-,13-12+. The van der Waals surface area contributed by atoms with Gasteiger partial charge in [0.2, 0.25) is 0 Å². The van der Waals surface area contributed by atoms with Gasteiger partial charge in [-0.1, -0.05) is 55.1 Å². The van der Waals surface area contributed by atoms with Crippen LogP contribution in [0.4, 0.5) is 0 Å². The minimum atomic E-state index is -3.71. The Balaban J connectivity index is 2.39. The molecule has 132 valence electrons. The topological polar surface area (TPSA) is 57.6 Å². The number of hydrogen-bond acceptors (Lipinski definition) is 3. The fourth-order valence-electron chi connectivity index (χ4n) is 2.73. The molecule has 5 heteroatoms. The van der Waals surface area contributed by atoms with E-state index in [0.29, 0.717) is 11.3 Å². The number of aliphatic hydroxyl groups is 1. The lowest BCUT2D eigenvalue weighted by Gasteiger charge is -2.19. The van der Waals surface area contributed by atoms with Crippen molar-refractivity contribution in [3.8, 4) is 0 Å². The molecule has 1 atom stereocenters. The maximum Gasteiger partial charge on any atom is 0.257 e. The normalized spacial score (nSPS) is 18.5. The lowest BCUT2D eigenvalue weighted by atomic mass is 9.99. The van der Waals surface area contributed by atoms with Crippen LogP contribution in [0.3, 0.4) is 0 Å². The van der Waals surface area contributed by atoms with Crippen LogP contribution in [0.2, 0.25) is 0 Å². The van der Waals surface area contributed by atoms with Crippen LogP contribution in [0.15, 0.2) is 78.1 Å². The highest BCUT2D eigenvalue weighted by molar-refractivity contribution is 7.92. The van der Waals surface area contributed by atoms with Crippen molar-refractivity contribution in [2.24, 2.45) is 5.92 Å². The van der Waals surface area contributed by atoms with E-state index in [2.05, 4.69) is 13.2 Å². The molecule has 0 amide bonds. The average Bonchev–Trinajstić information content (AvgIpc) is 2.94. The smallest absolute Gasteiger partial charge is 0.257 e. The molecule has 1 aliphatic heterocycles. The molecule has 1 aliphatic rings. The van der Waals surface area contributed by atoms with Gasteiger partial charge in [0.25, 0.3) is 10.0 Å². The second-order valence-electron chi connectivity index (χ2n) is 5.88. The molecule has 1 aromatic rings. The number of rotatable bonds is 6. The van der Waals surface area contributed by atoms with E-state index in [1.165, 1.54) is 15.8 Å². The number of allylic oxidation sites excluding steroid dienone is 3. The minimum Gasteiger partial charge on any atom is -0.512 e. The third-order valence-electron chi connectivity index (χ3n) is 4.05. The molecule has 25 heavy (non-hydrogen) atoms. The third kappa shape index (κ3) is 4.12. The van der Waals surface area contributed by atoms with Crippen molar-refractivity contribution >= 4 is 16.1 Å². The molecule has 0 aromatic heterocycles. The SMILES string of the molecule is C=CC1=C(/C=C\C)C(C(=C)O)CN1S(=O)(=O)/C=C/c1ccc(C)cc1. The summed E-state index contributed by atoms with van der Waals surface area (Å²) in [6.07, 6.45) is 6.64. The largest absolute Gasteiger partial charge is 0.512 e. The summed E-state index contributed by atoms with van der Waals surface area (Å²) in [7, 11) is -3.71. The molecule has 0 bridgehead atoms. The molecule has 1 N–H and O–H groups in total. The summed E-state index contributed by atoms with van der Waals surface area (Å²) in [6.45, 7) is 11.2. The maximum absolute atomic E-state index is 12.8. The molecule has 0 spiro atoms. The van der Waals surface area contributed by atoms with Crippen molar-refractivity contribution in [2.45, 2.75) is 13.8 Å². The van der Waals surface area contributed by atoms with Crippen LogP contribution in [0, 0.1) is 12.8 Å². The molecule has 4 nitrogen and oxygen atoms in total. The van der Waals surface area contributed by atoms with Gasteiger partial charge in [0.05, 0.1) is 22.8 Å². The van der Waals surface area contributed by atoms with E-state index in [-0.39, 0.29) is 12.3 Å². The summed E-state index contributed by atoms with van der Waals surface area (Å²) in [6, 6.07) is 7.57. The molecule has 0 saturated heterocycles. The lowest BCUT2D eigenvalue weighted by Crippen LogP contribution is -2.27. The Morgan fingerprint density at radius 1 is 1.28 bits per heavy atom. The van der Waals surface area contributed by atoms with Crippen LogP contribution in [0.1, 0.15) is 18.1 Å². The lowest BCUT2D eigenvalue weighted by molar-refractivity contribution is 0.345. The quantitative estimate of drug-likeness (QED) is 0.772. The van der Waals surface area contributed by atoms with Crippen molar-refractivity contribution in [3.63, 3.8) is 0 Å². The van der Waals surface area contributed by atoms with Gasteiger partial charge in [0.1, 0.15) is 0 Å². The molecule has 0 fully saturated rings. The van der Waals surface area contributed by atoms with Crippen LogP contribution >= 0.6 is 0 Å². The van der Waals surface area contributed by atoms with E-state index in [1.54, 1.807) is 18.2 Å². The molecule has 0 aliphatic carbocycles. The third-order valence-corrected chi connectivity index (χ3v) is 5.49. The van der Waals surface area contributed by atoms with Gasteiger partial charge in [0, 0.05) is 6.54 Å². The Morgan fingerprint density at radius 2 is 1.92 bits per heavy atom. The van der Waals surface area contributed by atoms with Gasteiger partial charge < -0.3 is 5.11 Å². The van der Waals surface area contributed by atoms with E-state index in [1.807, 2.05) is 38.1 Å². The van der Waals surface area contributed by atoms with Crippen LogP contribution in [0.25, 0.3) is 6.08 Å². The summed E-state index contributed by atoms with van der Waals surface area (Å²) in [4.78, 5) is 0. The number of hydrogen-bond donors (Lipinski definition) is 1. The molecule has 0 saturated carbocycles. The van der Waals surface area contributed by atoms with Crippen LogP contribution in [-0.4, -0.2) is 24.4 Å². The van der Waals surface area contributed by atoms with Crippen molar-refractivity contribution < 1.29 is 13.5 Å². The zero-order chi connectivity index (χ0) is 18.6. The number of nitrogens with zero attached hydrogens (tertiary/aromatic N) is 1. The van der Waals surface area contributed by atoms with Crippen molar-refractivity contribution in [3.05, 3.63) is 89.2 Å². The Kier molecular flexibility index (Phi) is 5.69. The second kappa shape index (κ2) is 7.57. The summed E-state index contributed by atoms with van der Waals surface area (Å²) in [5.74, 6) is -0.528. The molecule has 1 unspecified atom stereocenters. The van der Waals surface area contributed by atoms with E-state index in [9.17, 15) is 13.5 Å². The summed E-state index contributed by atoms with van der Waals surface area (Å²) in [5.41, 5.74) is 3.06. The minimum absolute atomic E-state index is 0.0623. The molecule has 0 radical (unpaired) electrons. The maximum atomic E-state index is 12.8. The Morgan fingerprint density at radius 3 is 2.44 bits per heavy atom. The predicted molar refractivity (Wildman–Crippen MR) is 103 cm³/mol. The summed E-state index contributed by atoms with van der Waals surface area (Å²) < 4.78 is 26.8. The van der Waals surface area contributed by atoms with Crippen molar-refractivity contribution in [1.82, 2.24) is 4.31 Å². The number of sulfonamides is 1. The van der Waals surface area contributed by atoms with Gasteiger partial charge in [0.15, 0.2) is 0 Å². The molecule has 2 rings (SSSR count). The first-order valence-electron chi connectivity index (χ1n) is 7.94. The Bertz CT molecular complexity index is 859. The van der Waals surface area contributed by atoms with E-state index >= 15 is 0 Å². The first kappa shape index (κ1) is 18.8. The van der Waals surface area contributed by atoms with Gasteiger partial charge in [-0.15, -0.1) is 0 Å². The van der Waals surface area contributed by atoms with Gasteiger partial charge >= 0.3 is 0 Å². The van der Waals surface area contributed by atoms with Crippen LogP contribution in [0.5, 0.6) is 0 Å². The molecule has 1 aromatic carbocycles. The van der Waals surface area contributed by atoms with Crippen LogP contribution < -0.4 is 0 Å². The molecular formula is C20H23NO3S. The second-order valence-corrected chi connectivity index (χ2v) is 7.62. The van der Waals surface area contributed by atoms with Gasteiger partial charge in [-0.05, 0) is 37.1 Å². The summed E-state index contributed by atoms with van der Waals surface area (Å²) >= 11 is 0. The highest BCUT2D eigenvalue weighted by Gasteiger charge is 2.36. The highest BCUT2D eigenvalue weighted by atomic mass is 32.2. The fourth-order valence-corrected chi connectivity index (χ4v) is 4.01. The fraction of sp³-hybridized carbons (Fsp3) is 0.200. The van der Waals surface area contributed by atoms with Gasteiger partial charge in [-0.25, -0.2) is 8.42 Å². The summed E-state index contributed by atoms with van der Waals surface area (Å²) in [5, 5.41) is 11.0. The zero-order valence-electron chi connectivity index (χ0n) is 14.5. The Labute approximate surface area is 149 Å². The highest BCUT2D eigenvalue weighted by Crippen LogP contribution is 2.35. The zero-order valence-corrected chi connectivity index (χ0v) is 15.3. The average molecular weight is 357 g/mol. The van der Waals surface area contributed by atoms with Crippen molar-refractivity contribution in [2.75, 3.05) is 6.54 Å².